The van der Waals surface area contributed by atoms with Gasteiger partial charge in [0.2, 0.25) is 0 Å². The second-order valence-corrected chi connectivity index (χ2v) is 9.13. The van der Waals surface area contributed by atoms with Gasteiger partial charge in [-0.05, 0) is 51.5 Å². The Morgan fingerprint density at radius 3 is 2.64 bits per heavy atom. The number of piperidine rings is 1. The minimum absolute atomic E-state index is 0.127. The van der Waals surface area contributed by atoms with E-state index >= 15 is 0 Å². The third kappa shape index (κ3) is 5.66. The van der Waals surface area contributed by atoms with Gasteiger partial charge in [0.1, 0.15) is 0 Å². The molecule has 0 bridgehead atoms. The van der Waals surface area contributed by atoms with Crippen molar-refractivity contribution in [2.45, 2.75) is 31.8 Å². The maximum absolute atomic E-state index is 12.8. The fraction of sp³-hybridized carbons (Fsp3) is 0.375. The molecule has 176 valence electrons. The van der Waals surface area contributed by atoms with Crippen molar-refractivity contribution < 1.29 is 4.79 Å². The van der Waals surface area contributed by atoms with Crippen LogP contribution in [0.2, 0.25) is 10.0 Å². The van der Waals surface area contributed by atoms with Crippen LogP contribution in [0.4, 0.5) is 4.79 Å². The number of hydrogen-bond acceptors (Lipinski definition) is 5. The molecule has 9 heteroatoms. The van der Waals surface area contributed by atoms with Crippen molar-refractivity contribution in [1.29, 1.82) is 5.41 Å². The Balaban J connectivity index is 1.78. The van der Waals surface area contributed by atoms with E-state index in [9.17, 15) is 4.79 Å². The quantitative estimate of drug-likeness (QED) is 0.508. The van der Waals surface area contributed by atoms with Crippen LogP contribution in [0.15, 0.2) is 36.8 Å². The van der Waals surface area contributed by atoms with Crippen molar-refractivity contribution in [3.05, 3.63) is 58.0 Å². The lowest BCUT2D eigenvalue weighted by Crippen LogP contribution is -2.48. The van der Waals surface area contributed by atoms with E-state index in [2.05, 4.69) is 22.2 Å². The Bertz CT molecular complexity index is 1050. The summed E-state index contributed by atoms with van der Waals surface area (Å²) in [6.45, 7) is 3.86. The van der Waals surface area contributed by atoms with Gasteiger partial charge < -0.3 is 26.3 Å². The highest BCUT2D eigenvalue weighted by atomic mass is 35.5. The van der Waals surface area contributed by atoms with E-state index in [-0.39, 0.29) is 18.1 Å². The van der Waals surface area contributed by atoms with E-state index in [4.69, 9.17) is 34.3 Å². The van der Waals surface area contributed by atoms with Crippen LogP contribution in [0.5, 0.6) is 0 Å². The van der Waals surface area contributed by atoms with Gasteiger partial charge in [0.25, 0.3) is 0 Å². The molecule has 0 radical (unpaired) electrons. The molecule has 1 unspecified atom stereocenters. The zero-order valence-electron chi connectivity index (χ0n) is 19.1. The second kappa shape index (κ2) is 11.0. The minimum atomic E-state index is -0.320. The topological polar surface area (TPSA) is 98.3 Å². The molecule has 7 nitrogen and oxygen atoms in total. The van der Waals surface area contributed by atoms with E-state index in [1.807, 2.05) is 32.2 Å². The summed E-state index contributed by atoms with van der Waals surface area (Å²) in [7, 11) is 3.94. The van der Waals surface area contributed by atoms with Crippen LogP contribution in [0.25, 0.3) is 16.7 Å². The molecule has 0 saturated carbocycles. The van der Waals surface area contributed by atoms with Gasteiger partial charge in [0.15, 0.2) is 0 Å². The monoisotopic (exact) mass is 488 g/mol. The summed E-state index contributed by atoms with van der Waals surface area (Å²) in [5.41, 5.74) is 9.06. The summed E-state index contributed by atoms with van der Waals surface area (Å²) in [6.07, 6.45) is 7.77. The Hall–Kier alpha value is -2.61. The number of allylic oxidation sites excluding steroid dienone is 1. The SMILES string of the molecule is CC(NC(=O)N(C)C1CCN(C)CC1)c1ccc(-c2cncc(/C(C=N)=C/N)c2)c(Cl)c1Cl. The Morgan fingerprint density at radius 2 is 2.00 bits per heavy atom. The number of halogens is 2. The van der Waals surface area contributed by atoms with Gasteiger partial charge in [0.05, 0.1) is 16.1 Å². The normalized spacial score (nSPS) is 16.3. The van der Waals surface area contributed by atoms with E-state index in [1.54, 1.807) is 17.3 Å². The Kier molecular flexibility index (Phi) is 8.35. The highest BCUT2D eigenvalue weighted by Gasteiger charge is 2.25. The summed E-state index contributed by atoms with van der Waals surface area (Å²) in [6, 6.07) is 5.37. The van der Waals surface area contributed by atoms with Crippen LogP contribution in [0.1, 0.15) is 36.9 Å². The van der Waals surface area contributed by atoms with Gasteiger partial charge >= 0.3 is 6.03 Å². The van der Waals surface area contributed by atoms with Gasteiger partial charge in [-0.3, -0.25) is 4.98 Å². The van der Waals surface area contributed by atoms with Gasteiger partial charge in [-0.1, -0.05) is 35.3 Å². The summed E-state index contributed by atoms with van der Waals surface area (Å²) < 4.78 is 0. The Labute approximate surface area is 205 Å². The van der Waals surface area contributed by atoms with Gasteiger partial charge in [-0.2, -0.15) is 0 Å². The van der Waals surface area contributed by atoms with Crippen molar-refractivity contribution in [1.82, 2.24) is 20.1 Å². The van der Waals surface area contributed by atoms with Crippen molar-refractivity contribution in [3.63, 3.8) is 0 Å². The maximum atomic E-state index is 12.8. The number of likely N-dealkylation sites (tertiary alicyclic amines) is 1. The number of nitrogens with two attached hydrogens (primary N) is 1. The number of carbonyl (C=O) groups is 1. The molecule has 2 heterocycles. The van der Waals surface area contributed by atoms with Gasteiger partial charge in [-0.15, -0.1) is 0 Å². The predicted molar refractivity (Wildman–Crippen MR) is 136 cm³/mol. The largest absolute Gasteiger partial charge is 0.404 e. The number of amides is 2. The summed E-state index contributed by atoms with van der Waals surface area (Å²) in [4.78, 5) is 21.1. The van der Waals surface area contributed by atoms with E-state index in [1.165, 1.54) is 12.4 Å². The molecule has 4 N–H and O–H groups in total. The molecule has 0 spiro atoms. The molecule has 0 aliphatic carbocycles. The minimum Gasteiger partial charge on any atom is -0.404 e. The van der Waals surface area contributed by atoms with Crippen LogP contribution in [0, 0.1) is 5.41 Å². The Morgan fingerprint density at radius 1 is 1.30 bits per heavy atom. The second-order valence-electron chi connectivity index (χ2n) is 8.38. The number of aromatic nitrogens is 1. The first kappa shape index (κ1) is 25.0. The average molecular weight is 489 g/mol. The first-order valence-electron chi connectivity index (χ1n) is 10.8. The smallest absolute Gasteiger partial charge is 0.317 e. The molecule has 1 aliphatic heterocycles. The van der Waals surface area contributed by atoms with Crippen molar-refractivity contribution in [3.8, 4) is 11.1 Å². The van der Waals surface area contributed by atoms with Gasteiger partial charge in [0, 0.05) is 60.2 Å². The first-order chi connectivity index (χ1) is 15.8. The fourth-order valence-electron chi connectivity index (χ4n) is 4.01. The van der Waals surface area contributed by atoms with Crippen LogP contribution in [0.3, 0.4) is 0 Å². The van der Waals surface area contributed by atoms with Crippen LogP contribution >= 0.6 is 23.2 Å². The lowest BCUT2D eigenvalue weighted by Gasteiger charge is -2.35. The zero-order chi connectivity index (χ0) is 24.1. The summed E-state index contributed by atoms with van der Waals surface area (Å²) in [5, 5.41) is 11.3. The number of urea groups is 1. The summed E-state index contributed by atoms with van der Waals surface area (Å²) >= 11 is 13.3. The van der Waals surface area contributed by atoms with E-state index in [0.29, 0.717) is 26.7 Å². The number of nitrogens with zero attached hydrogens (tertiary/aromatic N) is 3. The molecule has 1 aromatic carbocycles. The fourth-order valence-corrected chi connectivity index (χ4v) is 4.62. The highest BCUT2D eigenvalue weighted by molar-refractivity contribution is 6.44. The number of rotatable bonds is 6. The molecule has 1 aliphatic rings. The average Bonchev–Trinajstić information content (AvgIpc) is 2.81. The first-order valence-corrected chi connectivity index (χ1v) is 11.6. The van der Waals surface area contributed by atoms with Crippen molar-refractivity contribution >= 4 is 41.0 Å². The molecule has 3 rings (SSSR count). The highest BCUT2D eigenvalue weighted by Crippen LogP contribution is 2.38. The third-order valence-corrected chi connectivity index (χ3v) is 7.09. The lowest BCUT2D eigenvalue weighted by atomic mass is 9.99. The van der Waals surface area contributed by atoms with Crippen molar-refractivity contribution in [2.75, 3.05) is 27.2 Å². The molecular weight excluding hydrogens is 459 g/mol. The molecule has 1 saturated heterocycles. The van der Waals surface area contributed by atoms with Gasteiger partial charge in [-0.25, -0.2) is 4.79 Å². The van der Waals surface area contributed by atoms with Crippen molar-refractivity contribution in [2.24, 2.45) is 5.73 Å². The predicted octanol–water partition coefficient (Wildman–Crippen LogP) is 4.80. The number of hydrogen-bond donors (Lipinski definition) is 3. The van der Waals surface area contributed by atoms with E-state index in [0.717, 1.165) is 37.1 Å². The molecular formula is C24H30Cl2N6O. The maximum Gasteiger partial charge on any atom is 0.317 e. The number of benzene rings is 1. The third-order valence-electron chi connectivity index (χ3n) is 6.19. The molecule has 2 aromatic rings. The molecule has 2 amide bonds. The van der Waals surface area contributed by atoms with Crippen LogP contribution in [-0.4, -0.2) is 60.3 Å². The van der Waals surface area contributed by atoms with E-state index < -0.39 is 0 Å². The molecule has 1 aromatic heterocycles. The zero-order valence-corrected chi connectivity index (χ0v) is 20.6. The number of carbonyl (C=O) groups excluding carboxylic acids is 1. The number of pyridine rings is 1. The molecule has 1 fully saturated rings. The van der Waals surface area contributed by atoms with Crippen LogP contribution < -0.4 is 11.1 Å². The van der Waals surface area contributed by atoms with Crippen LogP contribution in [-0.2, 0) is 0 Å². The summed E-state index contributed by atoms with van der Waals surface area (Å²) in [5.74, 6) is 0. The number of nitrogens with one attached hydrogen (secondary N) is 2. The standard InChI is InChI=1S/C24H30Cl2N6O/c1-15(30-24(33)32(3)19-6-8-31(2)9-7-19)20-4-5-21(23(26)22(20)25)17-10-16(13-29-14-17)18(11-27)12-28/h4-5,10-15,19,27H,6-9,28H2,1-3H3,(H,30,33)/b18-12+,27-11?. The molecule has 1 atom stereocenters. The lowest BCUT2D eigenvalue weighted by molar-refractivity contribution is 0.146. The molecule has 33 heavy (non-hydrogen) atoms.